The summed E-state index contributed by atoms with van der Waals surface area (Å²) in [6.07, 6.45) is 8.42. The summed E-state index contributed by atoms with van der Waals surface area (Å²) in [5.41, 5.74) is 2.71. The Bertz CT molecular complexity index is 506. The highest BCUT2D eigenvalue weighted by Crippen LogP contribution is 2.31. The number of rotatable bonds is 4. The molecule has 1 aliphatic carbocycles. The fraction of sp³-hybridized carbons (Fsp3) is 0.632. The predicted octanol–water partition coefficient (Wildman–Crippen LogP) is 4.29. The second-order valence-corrected chi connectivity index (χ2v) is 6.81. The first-order valence-corrected chi connectivity index (χ1v) is 8.91. The minimum absolute atomic E-state index is 0.135. The Morgan fingerprint density at radius 1 is 1.23 bits per heavy atom. The number of amides is 2. The lowest BCUT2D eigenvalue weighted by atomic mass is 9.92. The lowest BCUT2D eigenvalue weighted by Gasteiger charge is -2.33. The zero-order valence-corrected chi connectivity index (χ0v) is 13.7. The molecule has 3 heteroatoms. The Kier molecular flexibility index (Phi) is 5.01. The number of likely N-dealkylation sites (tertiary alicyclic amines) is 1. The highest BCUT2D eigenvalue weighted by atomic mass is 16.2. The SMILES string of the molecule is CCCCC1CCN(C(=O)NC2CCc3ccccc32)CC1. The minimum Gasteiger partial charge on any atom is -0.331 e. The van der Waals surface area contributed by atoms with Crippen molar-refractivity contribution in [3.63, 3.8) is 0 Å². The zero-order valence-electron chi connectivity index (χ0n) is 13.7. The van der Waals surface area contributed by atoms with Crippen LogP contribution in [0.1, 0.15) is 62.6 Å². The molecule has 0 bridgehead atoms. The van der Waals surface area contributed by atoms with Crippen molar-refractivity contribution in [2.24, 2.45) is 5.92 Å². The third-order valence-electron chi connectivity index (χ3n) is 5.30. The fourth-order valence-corrected chi connectivity index (χ4v) is 3.86. The molecule has 3 rings (SSSR count). The van der Waals surface area contributed by atoms with Crippen LogP contribution in [0.25, 0.3) is 0 Å². The molecule has 1 heterocycles. The van der Waals surface area contributed by atoms with Gasteiger partial charge in [0.2, 0.25) is 0 Å². The van der Waals surface area contributed by atoms with Gasteiger partial charge in [-0.05, 0) is 42.7 Å². The maximum Gasteiger partial charge on any atom is 0.317 e. The number of carbonyl (C=O) groups is 1. The summed E-state index contributed by atoms with van der Waals surface area (Å²) in [7, 11) is 0. The average molecular weight is 300 g/mol. The summed E-state index contributed by atoms with van der Waals surface area (Å²) < 4.78 is 0. The van der Waals surface area contributed by atoms with E-state index in [9.17, 15) is 4.79 Å². The van der Waals surface area contributed by atoms with E-state index >= 15 is 0 Å². The number of benzene rings is 1. The molecule has 120 valence electrons. The van der Waals surface area contributed by atoms with Crippen molar-refractivity contribution in [1.82, 2.24) is 10.2 Å². The van der Waals surface area contributed by atoms with E-state index in [1.165, 1.54) is 43.2 Å². The largest absolute Gasteiger partial charge is 0.331 e. The molecule has 3 nitrogen and oxygen atoms in total. The van der Waals surface area contributed by atoms with Gasteiger partial charge in [0.1, 0.15) is 0 Å². The number of piperidine rings is 1. The van der Waals surface area contributed by atoms with Crippen molar-refractivity contribution in [1.29, 1.82) is 0 Å². The molecule has 1 aromatic rings. The van der Waals surface area contributed by atoms with Gasteiger partial charge in [0.25, 0.3) is 0 Å². The number of nitrogens with zero attached hydrogens (tertiary/aromatic N) is 1. The zero-order chi connectivity index (χ0) is 15.4. The number of nitrogens with one attached hydrogen (secondary N) is 1. The number of unbranched alkanes of at least 4 members (excludes halogenated alkanes) is 1. The lowest BCUT2D eigenvalue weighted by molar-refractivity contribution is 0.164. The Morgan fingerprint density at radius 2 is 2.00 bits per heavy atom. The average Bonchev–Trinajstić information content (AvgIpc) is 2.96. The van der Waals surface area contributed by atoms with E-state index in [-0.39, 0.29) is 12.1 Å². The van der Waals surface area contributed by atoms with Crippen molar-refractivity contribution < 1.29 is 4.79 Å². The molecule has 2 amide bonds. The van der Waals surface area contributed by atoms with Crippen LogP contribution in [0, 0.1) is 5.92 Å². The van der Waals surface area contributed by atoms with E-state index in [1.54, 1.807) is 0 Å². The quantitative estimate of drug-likeness (QED) is 0.884. The number of hydrogen-bond acceptors (Lipinski definition) is 1. The molecule has 1 fully saturated rings. The Labute approximate surface area is 134 Å². The van der Waals surface area contributed by atoms with Gasteiger partial charge in [-0.2, -0.15) is 0 Å². The molecule has 2 aliphatic rings. The van der Waals surface area contributed by atoms with E-state index in [4.69, 9.17) is 0 Å². The molecule has 1 aliphatic heterocycles. The van der Waals surface area contributed by atoms with E-state index in [2.05, 4.69) is 36.5 Å². The van der Waals surface area contributed by atoms with Gasteiger partial charge in [-0.25, -0.2) is 4.79 Å². The van der Waals surface area contributed by atoms with Gasteiger partial charge in [0.05, 0.1) is 6.04 Å². The molecule has 1 unspecified atom stereocenters. The Balaban J connectivity index is 1.50. The summed E-state index contributed by atoms with van der Waals surface area (Å²) in [5.74, 6) is 0.830. The van der Waals surface area contributed by atoms with Crippen LogP contribution in [0.15, 0.2) is 24.3 Å². The molecule has 1 atom stereocenters. The van der Waals surface area contributed by atoms with Crippen LogP contribution in [0.4, 0.5) is 4.79 Å². The summed E-state index contributed by atoms with van der Waals surface area (Å²) in [6, 6.07) is 8.84. The molecule has 1 aromatic carbocycles. The second-order valence-electron chi connectivity index (χ2n) is 6.81. The number of aryl methyl sites for hydroxylation is 1. The molecule has 0 saturated carbocycles. The molecule has 1 saturated heterocycles. The van der Waals surface area contributed by atoms with Crippen molar-refractivity contribution in [3.8, 4) is 0 Å². The van der Waals surface area contributed by atoms with Gasteiger partial charge >= 0.3 is 6.03 Å². The van der Waals surface area contributed by atoms with E-state index < -0.39 is 0 Å². The smallest absolute Gasteiger partial charge is 0.317 e. The fourth-order valence-electron chi connectivity index (χ4n) is 3.86. The third-order valence-corrected chi connectivity index (χ3v) is 5.30. The van der Waals surface area contributed by atoms with Gasteiger partial charge in [-0.15, -0.1) is 0 Å². The topological polar surface area (TPSA) is 32.3 Å². The lowest BCUT2D eigenvalue weighted by Crippen LogP contribution is -2.45. The van der Waals surface area contributed by atoms with Crippen molar-refractivity contribution >= 4 is 6.03 Å². The van der Waals surface area contributed by atoms with Crippen LogP contribution < -0.4 is 5.32 Å². The first-order valence-electron chi connectivity index (χ1n) is 8.91. The van der Waals surface area contributed by atoms with Gasteiger partial charge < -0.3 is 10.2 Å². The summed E-state index contributed by atoms with van der Waals surface area (Å²) >= 11 is 0. The standard InChI is InChI=1S/C19H28N2O/c1-2-3-6-15-11-13-21(14-12-15)19(22)20-18-10-9-16-7-4-5-8-17(16)18/h4-5,7-8,15,18H,2-3,6,9-14H2,1H3,(H,20,22). The van der Waals surface area contributed by atoms with Crippen LogP contribution >= 0.6 is 0 Å². The molecule has 1 N–H and O–H groups in total. The first kappa shape index (κ1) is 15.4. The normalized spacial score (nSPS) is 21.7. The van der Waals surface area contributed by atoms with Crippen LogP contribution in [0.5, 0.6) is 0 Å². The molecule has 0 spiro atoms. The molecule has 0 aromatic heterocycles. The van der Waals surface area contributed by atoms with E-state index in [0.29, 0.717) is 0 Å². The van der Waals surface area contributed by atoms with E-state index in [1.807, 2.05) is 4.90 Å². The van der Waals surface area contributed by atoms with Crippen molar-refractivity contribution in [2.45, 2.75) is 57.9 Å². The molecule has 22 heavy (non-hydrogen) atoms. The number of carbonyl (C=O) groups excluding carboxylic acids is 1. The number of urea groups is 1. The van der Waals surface area contributed by atoms with Crippen LogP contribution in [-0.4, -0.2) is 24.0 Å². The van der Waals surface area contributed by atoms with Gasteiger partial charge in [0, 0.05) is 13.1 Å². The minimum atomic E-state index is 0.135. The molecule has 0 radical (unpaired) electrons. The van der Waals surface area contributed by atoms with Gasteiger partial charge in [-0.3, -0.25) is 0 Å². The van der Waals surface area contributed by atoms with E-state index in [0.717, 1.165) is 31.8 Å². The Hall–Kier alpha value is -1.51. The summed E-state index contributed by atoms with van der Waals surface area (Å²) in [6.45, 7) is 4.10. The van der Waals surface area contributed by atoms with Gasteiger partial charge in [-0.1, -0.05) is 50.5 Å². The molecular formula is C19H28N2O. The summed E-state index contributed by atoms with van der Waals surface area (Å²) in [4.78, 5) is 14.5. The monoisotopic (exact) mass is 300 g/mol. The maximum absolute atomic E-state index is 12.5. The van der Waals surface area contributed by atoms with Crippen molar-refractivity contribution in [2.75, 3.05) is 13.1 Å². The highest BCUT2D eigenvalue weighted by molar-refractivity contribution is 5.75. The first-order chi connectivity index (χ1) is 10.8. The van der Waals surface area contributed by atoms with Crippen LogP contribution in [-0.2, 0) is 6.42 Å². The number of hydrogen-bond donors (Lipinski definition) is 1. The van der Waals surface area contributed by atoms with Crippen LogP contribution in [0.3, 0.4) is 0 Å². The van der Waals surface area contributed by atoms with Gasteiger partial charge in [0.15, 0.2) is 0 Å². The maximum atomic E-state index is 12.5. The predicted molar refractivity (Wildman–Crippen MR) is 89.9 cm³/mol. The molecular weight excluding hydrogens is 272 g/mol. The second kappa shape index (κ2) is 7.17. The number of fused-ring (bicyclic) bond motifs is 1. The van der Waals surface area contributed by atoms with Crippen LogP contribution in [0.2, 0.25) is 0 Å². The van der Waals surface area contributed by atoms with Crippen molar-refractivity contribution in [3.05, 3.63) is 35.4 Å². The third kappa shape index (κ3) is 3.45. The highest BCUT2D eigenvalue weighted by Gasteiger charge is 2.27. The Morgan fingerprint density at radius 3 is 2.77 bits per heavy atom. The summed E-state index contributed by atoms with van der Waals surface area (Å²) in [5, 5.41) is 3.25.